The first-order valence-electron chi connectivity index (χ1n) is 5.11. The molecule has 1 unspecified atom stereocenters. The summed E-state index contributed by atoms with van der Waals surface area (Å²) in [6.45, 7) is 1.19. The first-order valence-corrected chi connectivity index (χ1v) is 5.11. The van der Waals surface area contributed by atoms with Crippen LogP contribution in [0.15, 0.2) is 12.4 Å². The summed E-state index contributed by atoms with van der Waals surface area (Å²) in [5.74, 6) is 1.24. The van der Waals surface area contributed by atoms with E-state index < -0.39 is 0 Å². The third-order valence-corrected chi connectivity index (χ3v) is 2.09. The maximum Gasteiger partial charge on any atom is 0.218 e. The third kappa shape index (κ3) is 4.00. The molecule has 0 aliphatic heterocycles. The van der Waals surface area contributed by atoms with Crippen molar-refractivity contribution in [3.8, 4) is 5.88 Å². The van der Waals surface area contributed by atoms with E-state index in [9.17, 15) is 0 Å². The van der Waals surface area contributed by atoms with Crippen LogP contribution >= 0.6 is 0 Å². The molecular formula is C10H18N4O2. The summed E-state index contributed by atoms with van der Waals surface area (Å²) in [7, 11) is 3.23. The second-order valence-corrected chi connectivity index (χ2v) is 3.32. The van der Waals surface area contributed by atoms with Gasteiger partial charge in [-0.15, -0.1) is 0 Å². The maximum absolute atomic E-state index is 5.52. The molecule has 90 valence electrons. The lowest BCUT2D eigenvalue weighted by atomic mass is 10.2. The van der Waals surface area contributed by atoms with Gasteiger partial charge in [0, 0.05) is 13.2 Å². The van der Waals surface area contributed by atoms with Crippen LogP contribution in [0.2, 0.25) is 0 Å². The van der Waals surface area contributed by atoms with Crippen molar-refractivity contribution in [1.82, 2.24) is 9.97 Å². The van der Waals surface area contributed by atoms with E-state index in [4.69, 9.17) is 15.2 Å². The van der Waals surface area contributed by atoms with Crippen LogP contribution in [0.4, 0.5) is 5.82 Å². The van der Waals surface area contributed by atoms with Crippen LogP contribution in [0.25, 0.3) is 0 Å². The number of anilines is 1. The molecular weight excluding hydrogens is 208 g/mol. The molecule has 6 nitrogen and oxygen atoms in total. The fourth-order valence-corrected chi connectivity index (χ4v) is 1.34. The van der Waals surface area contributed by atoms with E-state index in [-0.39, 0.29) is 6.04 Å². The van der Waals surface area contributed by atoms with Gasteiger partial charge < -0.3 is 20.5 Å². The molecule has 1 atom stereocenters. The number of rotatable bonds is 7. The molecule has 0 amide bonds. The van der Waals surface area contributed by atoms with E-state index in [1.807, 2.05) is 0 Å². The minimum absolute atomic E-state index is 0.148. The largest absolute Gasteiger partial charge is 0.481 e. The Labute approximate surface area is 95.2 Å². The standard InChI is InChI=1S/C10H18N4O2/c1-15-6-8(3-4-11)14-9-5-10(16-2)13-7-12-9/h5,7-8H,3-4,6,11H2,1-2H3,(H,12,13,14). The Morgan fingerprint density at radius 3 is 2.88 bits per heavy atom. The normalized spacial score (nSPS) is 12.2. The number of hydrogen-bond donors (Lipinski definition) is 2. The van der Waals surface area contributed by atoms with Crippen molar-refractivity contribution in [2.24, 2.45) is 5.73 Å². The van der Waals surface area contributed by atoms with Crippen LogP contribution in [0.3, 0.4) is 0 Å². The van der Waals surface area contributed by atoms with Crippen molar-refractivity contribution in [2.75, 3.05) is 32.7 Å². The highest BCUT2D eigenvalue weighted by molar-refractivity contribution is 5.38. The predicted molar refractivity (Wildman–Crippen MR) is 61.5 cm³/mol. The molecule has 1 aromatic heterocycles. The monoisotopic (exact) mass is 226 g/mol. The molecule has 0 saturated carbocycles. The molecule has 0 bridgehead atoms. The van der Waals surface area contributed by atoms with Gasteiger partial charge in [0.15, 0.2) is 0 Å². The molecule has 0 aliphatic carbocycles. The molecule has 0 aliphatic rings. The lowest BCUT2D eigenvalue weighted by molar-refractivity contribution is 0.183. The average molecular weight is 226 g/mol. The molecule has 0 aromatic carbocycles. The number of methoxy groups -OCH3 is 2. The summed E-state index contributed by atoms with van der Waals surface area (Å²) >= 11 is 0. The zero-order chi connectivity index (χ0) is 11.8. The van der Waals surface area contributed by atoms with Crippen molar-refractivity contribution in [3.05, 3.63) is 12.4 Å². The van der Waals surface area contributed by atoms with Gasteiger partial charge in [-0.2, -0.15) is 0 Å². The van der Waals surface area contributed by atoms with Crippen molar-refractivity contribution in [1.29, 1.82) is 0 Å². The Bertz CT molecular complexity index is 303. The quantitative estimate of drug-likeness (QED) is 0.694. The van der Waals surface area contributed by atoms with E-state index in [1.54, 1.807) is 20.3 Å². The smallest absolute Gasteiger partial charge is 0.218 e. The van der Waals surface area contributed by atoms with E-state index >= 15 is 0 Å². The number of nitrogens with zero attached hydrogens (tertiary/aromatic N) is 2. The summed E-state index contributed by atoms with van der Waals surface area (Å²) in [6.07, 6.45) is 2.27. The lowest BCUT2D eigenvalue weighted by Gasteiger charge is -2.17. The van der Waals surface area contributed by atoms with Gasteiger partial charge in [0.2, 0.25) is 5.88 Å². The van der Waals surface area contributed by atoms with E-state index in [0.717, 1.165) is 6.42 Å². The Kier molecular flexibility index (Phi) is 5.52. The van der Waals surface area contributed by atoms with Crippen LogP contribution in [0.5, 0.6) is 5.88 Å². The van der Waals surface area contributed by atoms with Gasteiger partial charge in [0.05, 0.1) is 19.8 Å². The summed E-state index contributed by atoms with van der Waals surface area (Å²) in [4.78, 5) is 8.02. The number of hydrogen-bond acceptors (Lipinski definition) is 6. The Balaban J connectivity index is 2.60. The topological polar surface area (TPSA) is 82.3 Å². The fraction of sp³-hybridized carbons (Fsp3) is 0.600. The van der Waals surface area contributed by atoms with Crippen LogP contribution < -0.4 is 15.8 Å². The number of nitrogens with one attached hydrogen (secondary N) is 1. The van der Waals surface area contributed by atoms with Crippen molar-refractivity contribution in [3.63, 3.8) is 0 Å². The summed E-state index contributed by atoms with van der Waals surface area (Å²) < 4.78 is 10.1. The molecule has 0 radical (unpaired) electrons. The molecule has 3 N–H and O–H groups in total. The second-order valence-electron chi connectivity index (χ2n) is 3.32. The van der Waals surface area contributed by atoms with E-state index in [2.05, 4.69) is 15.3 Å². The van der Waals surface area contributed by atoms with Crippen LogP contribution in [0, 0.1) is 0 Å². The van der Waals surface area contributed by atoms with E-state index in [0.29, 0.717) is 24.8 Å². The van der Waals surface area contributed by atoms with Crippen LogP contribution in [-0.2, 0) is 4.74 Å². The summed E-state index contributed by atoms with van der Waals surface area (Å²) in [5.41, 5.74) is 5.52. The predicted octanol–water partition coefficient (Wildman–Crippen LogP) is 0.261. The lowest BCUT2D eigenvalue weighted by Crippen LogP contribution is -2.28. The maximum atomic E-state index is 5.52. The zero-order valence-corrected chi connectivity index (χ0v) is 9.64. The average Bonchev–Trinajstić information content (AvgIpc) is 2.30. The highest BCUT2D eigenvalue weighted by Crippen LogP contribution is 2.12. The van der Waals surface area contributed by atoms with Crippen molar-refractivity contribution < 1.29 is 9.47 Å². The SMILES string of the molecule is COCC(CCN)Nc1cc(OC)ncn1. The molecule has 0 spiro atoms. The molecule has 1 rings (SSSR count). The minimum atomic E-state index is 0.148. The number of aromatic nitrogens is 2. The summed E-state index contributed by atoms with van der Waals surface area (Å²) in [6, 6.07) is 1.88. The van der Waals surface area contributed by atoms with Gasteiger partial charge in [0.25, 0.3) is 0 Å². The Hall–Kier alpha value is -1.40. The van der Waals surface area contributed by atoms with Crippen LogP contribution in [-0.4, -0.2) is 43.4 Å². The summed E-state index contributed by atoms with van der Waals surface area (Å²) in [5, 5.41) is 3.22. The highest BCUT2D eigenvalue weighted by Gasteiger charge is 2.08. The molecule has 0 fully saturated rings. The van der Waals surface area contributed by atoms with E-state index in [1.165, 1.54) is 6.33 Å². The second kappa shape index (κ2) is 6.97. The van der Waals surface area contributed by atoms with Crippen molar-refractivity contribution >= 4 is 5.82 Å². The first kappa shape index (κ1) is 12.7. The Morgan fingerprint density at radius 1 is 1.44 bits per heavy atom. The van der Waals surface area contributed by atoms with Gasteiger partial charge in [-0.05, 0) is 13.0 Å². The van der Waals surface area contributed by atoms with Gasteiger partial charge in [-0.25, -0.2) is 9.97 Å². The highest BCUT2D eigenvalue weighted by atomic mass is 16.5. The van der Waals surface area contributed by atoms with Gasteiger partial charge in [-0.3, -0.25) is 0 Å². The molecule has 0 saturated heterocycles. The van der Waals surface area contributed by atoms with Crippen molar-refractivity contribution in [2.45, 2.75) is 12.5 Å². The molecule has 6 heteroatoms. The van der Waals surface area contributed by atoms with Gasteiger partial charge in [0.1, 0.15) is 12.1 Å². The molecule has 16 heavy (non-hydrogen) atoms. The number of ether oxygens (including phenoxy) is 2. The minimum Gasteiger partial charge on any atom is -0.481 e. The van der Waals surface area contributed by atoms with Gasteiger partial charge >= 0.3 is 0 Å². The molecule has 1 aromatic rings. The Morgan fingerprint density at radius 2 is 2.25 bits per heavy atom. The van der Waals surface area contributed by atoms with Gasteiger partial charge in [-0.1, -0.05) is 0 Å². The van der Waals surface area contributed by atoms with Crippen LogP contribution in [0.1, 0.15) is 6.42 Å². The zero-order valence-electron chi connectivity index (χ0n) is 9.64. The third-order valence-electron chi connectivity index (χ3n) is 2.09. The fourth-order valence-electron chi connectivity index (χ4n) is 1.34. The number of nitrogens with two attached hydrogens (primary N) is 1. The molecule has 1 heterocycles. The first-order chi connectivity index (χ1) is 7.80.